The number of nitrogens with one attached hydrogen (secondary N) is 1. The van der Waals surface area contributed by atoms with Crippen LogP contribution < -0.4 is 5.32 Å². The van der Waals surface area contributed by atoms with E-state index in [0.29, 0.717) is 19.1 Å². The van der Waals surface area contributed by atoms with Gasteiger partial charge in [0.25, 0.3) is 0 Å². The highest BCUT2D eigenvalue weighted by Crippen LogP contribution is 2.34. The Kier molecular flexibility index (Phi) is 2.94. The Hall–Kier alpha value is 0.220. The summed E-state index contributed by atoms with van der Waals surface area (Å²) >= 11 is 1.85. The third-order valence-electron chi connectivity index (χ3n) is 3.95. The Morgan fingerprint density at radius 2 is 1.94 bits per heavy atom. The zero-order chi connectivity index (χ0) is 11.2. The summed E-state index contributed by atoms with van der Waals surface area (Å²) in [6.07, 6.45) is 3.03. The van der Waals surface area contributed by atoms with Gasteiger partial charge >= 0.3 is 0 Å². The Morgan fingerprint density at radius 1 is 1.19 bits per heavy atom. The van der Waals surface area contributed by atoms with E-state index in [9.17, 15) is 8.42 Å². The second-order valence-electron chi connectivity index (χ2n) is 4.88. The van der Waals surface area contributed by atoms with E-state index in [4.69, 9.17) is 0 Å². The molecule has 16 heavy (non-hydrogen) atoms. The van der Waals surface area contributed by atoms with Crippen molar-refractivity contribution in [2.24, 2.45) is 0 Å². The minimum atomic E-state index is -3.04. The quantitative estimate of drug-likeness (QED) is 0.775. The lowest BCUT2D eigenvalue weighted by atomic mass is 10.0. The second kappa shape index (κ2) is 4.15. The predicted molar refractivity (Wildman–Crippen MR) is 66.2 cm³/mol. The average Bonchev–Trinajstić information content (AvgIpc) is 2.92. The van der Waals surface area contributed by atoms with E-state index in [0.717, 1.165) is 30.8 Å². The minimum Gasteiger partial charge on any atom is -0.310 e. The fraction of sp³-hybridized carbons (Fsp3) is 1.00. The molecule has 3 saturated heterocycles. The first-order valence-corrected chi connectivity index (χ1v) is 8.66. The van der Waals surface area contributed by atoms with Gasteiger partial charge in [-0.1, -0.05) is 0 Å². The highest BCUT2D eigenvalue weighted by atomic mass is 32.2. The third kappa shape index (κ3) is 1.79. The average molecular weight is 262 g/mol. The van der Waals surface area contributed by atoms with E-state index in [1.807, 2.05) is 11.8 Å². The van der Waals surface area contributed by atoms with Gasteiger partial charge in [0.1, 0.15) is 0 Å². The van der Waals surface area contributed by atoms with Crippen molar-refractivity contribution in [2.75, 3.05) is 24.6 Å². The van der Waals surface area contributed by atoms with Gasteiger partial charge in [0.2, 0.25) is 10.0 Å². The van der Waals surface area contributed by atoms with Gasteiger partial charge in [0.05, 0.1) is 5.25 Å². The van der Waals surface area contributed by atoms with Crippen molar-refractivity contribution in [3.63, 3.8) is 0 Å². The molecule has 0 saturated carbocycles. The summed E-state index contributed by atoms with van der Waals surface area (Å²) in [5.41, 5.74) is 0. The summed E-state index contributed by atoms with van der Waals surface area (Å²) in [5.74, 6) is 1.90. The smallest absolute Gasteiger partial charge is 0.218 e. The number of nitrogens with zero attached hydrogens (tertiary/aromatic N) is 1. The van der Waals surface area contributed by atoms with Crippen molar-refractivity contribution in [3.05, 3.63) is 0 Å². The molecule has 3 aliphatic rings. The number of thioether (sulfide) groups is 1. The molecule has 1 N–H and O–H groups in total. The summed E-state index contributed by atoms with van der Waals surface area (Å²) in [7, 11) is -3.04. The van der Waals surface area contributed by atoms with Crippen molar-refractivity contribution < 1.29 is 8.42 Å². The molecule has 3 heterocycles. The van der Waals surface area contributed by atoms with Gasteiger partial charge in [-0.3, -0.25) is 0 Å². The van der Waals surface area contributed by atoms with Crippen LogP contribution in [0.25, 0.3) is 0 Å². The number of hydrogen-bond donors (Lipinski definition) is 1. The molecular weight excluding hydrogens is 244 g/mol. The molecule has 3 atom stereocenters. The molecule has 4 nitrogen and oxygen atoms in total. The van der Waals surface area contributed by atoms with Gasteiger partial charge < -0.3 is 5.32 Å². The van der Waals surface area contributed by atoms with Gasteiger partial charge in [0.15, 0.2) is 0 Å². The molecular formula is C10H18N2O2S2. The normalized spacial score (nSPS) is 40.4. The number of rotatable bonds is 2. The Bertz CT molecular complexity index is 365. The van der Waals surface area contributed by atoms with Gasteiger partial charge in [-0.05, 0) is 19.3 Å². The van der Waals surface area contributed by atoms with E-state index < -0.39 is 10.0 Å². The molecule has 3 unspecified atom stereocenters. The van der Waals surface area contributed by atoms with Crippen molar-refractivity contribution in [3.8, 4) is 0 Å². The summed E-state index contributed by atoms with van der Waals surface area (Å²) in [4.78, 5) is 0. The van der Waals surface area contributed by atoms with Gasteiger partial charge in [-0.25, -0.2) is 8.42 Å². The van der Waals surface area contributed by atoms with Crippen molar-refractivity contribution in [1.29, 1.82) is 0 Å². The maximum atomic E-state index is 12.5. The molecule has 0 aromatic carbocycles. The van der Waals surface area contributed by atoms with Crippen LogP contribution in [-0.4, -0.2) is 54.7 Å². The first-order valence-electron chi connectivity index (χ1n) is 6.01. The molecule has 3 aliphatic heterocycles. The van der Waals surface area contributed by atoms with E-state index in [1.54, 1.807) is 4.31 Å². The van der Waals surface area contributed by atoms with Gasteiger partial charge in [0, 0.05) is 36.7 Å². The van der Waals surface area contributed by atoms with E-state index in [-0.39, 0.29) is 11.3 Å². The first-order chi connectivity index (χ1) is 7.68. The standard InChI is InChI=1S/C10H18N2O2S2/c13-16(14,12-3-5-15-6-4-12)10-7-8-1-2-9(10)11-8/h8-11H,1-7H2. The number of fused-ring (bicyclic) bond motifs is 2. The molecule has 0 aliphatic carbocycles. The molecule has 0 spiro atoms. The number of hydrogen-bond acceptors (Lipinski definition) is 4. The van der Waals surface area contributed by atoms with Crippen molar-refractivity contribution >= 4 is 21.8 Å². The minimum absolute atomic E-state index is 0.144. The van der Waals surface area contributed by atoms with Crippen LogP contribution in [0.5, 0.6) is 0 Å². The monoisotopic (exact) mass is 262 g/mol. The largest absolute Gasteiger partial charge is 0.310 e. The SMILES string of the molecule is O=S(=O)(C1CC2CCC1N2)N1CCSCC1. The summed E-state index contributed by atoms with van der Waals surface area (Å²) in [6, 6.07) is 0.688. The Labute approximate surface area is 101 Å². The van der Waals surface area contributed by atoms with E-state index >= 15 is 0 Å². The van der Waals surface area contributed by atoms with Gasteiger partial charge in [-0.2, -0.15) is 16.1 Å². The lowest BCUT2D eigenvalue weighted by Gasteiger charge is -2.31. The molecule has 0 amide bonds. The third-order valence-corrected chi connectivity index (χ3v) is 7.27. The topological polar surface area (TPSA) is 49.4 Å². The molecule has 3 rings (SSSR count). The molecule has 0 radical (unpaired) electrons. The highest BCUT2D eigenvalue weighted by molar-refractivity contribution is 7.99. The summed E-state index contributed by atoms with van der Waals surface area (Å²) in [5, 5.41) is 3.27. The van der Waals surface area contributed by atoms with Crippen LogP contribution in [0.1, 0.15) is 19.3 Å². The van der Waals surface area contributed by atoms with Crippen LogP contribution in [0.15, 0.2) is 0 Å². The summed E-state index contributed by atoms with van der Waals surface area (Å²) in [6.45, 7) is 1.42. The molecule has 0 aromatic heterocycles. The van der Waals surface area contributed by atoms with Crippen molar-refractivity contribution in [1.82, 2.24) is 9.62 Å². The molecule has 92 valence electrons. The molecule has 6 heteroatoms. The maximum absolute atomic E-state index is 12.5. The van der Waals surface area contributed by atoms with Crippen LogP contribution >= 0.6 is 11.8 Å². The fourth-order valence-electron chi connectivity index (χ4n) is 3.10. The summed E-state index contributed by atoms with van der Waals surface area (Å²) < 4.78 is 26.6. The van der Waals surface area contributed by atoms with Crippen LogP contribution in [0.4, 0.5) is 0 Å². The van der Waals surface area contributed by atoms with E-state index in [2.05, 4.69) is 5.32 Å². The second-order valence-corrected chi connectivity index (χ2v) is 8.25. The van der Waals surface area contributed by atoms with Crippen LogP contribution in [0, 0.1) is 0 Å². The number of sulfonamides is 1. The molecule has 0 aromatic rings. The lowest BCUT2D eigenvalue weighted by Crippen LogP contribution is -2.47. The van der Waals surface area contributed by atoms with E-state index in [1.165, 1.54) is 0 Å². The first kappa shape index (κ1) is 11.3. The maximum Gasteiger partial charge on any atom is 0.218 e. The van der Waals surface area contributed by atoms with Crippen LogP contribution in [0.2, 0.25) is 0 Å². The van der Waals surface area contributed by atoms with Crippen LogP contribution in [-0.2, 0) is 10.0 Å². The zero-order valence-corrected chi connectivity index (χ0v) is 10.9. The predicted octanol–water partition coefficient (Wildman–Crippen LogP) is 0.258. The fourth-order valence-corrected chi connectivity index (χ4v) is 6.41. The lowest BCUT2D eigenvalue weighted by molar-refractivity contribution is 0.420. The Morgan fingerprint density at radius 3 is 2.50 bits per heavy atom. The van der Waals surface area contributed by atoms with Gasteiger partial charge in [-0.15, -0.1) is 0 Å². The van der Waals surface area contributed by atoms with Crippen LogP contribution in [0.3, 0.4) is 0 Å². The van der Waals surface area contributed by atoms with Crippen molar-refractivity contribution in [2.45, 2.75) is 36.6 Å². The molecule has 3 fully saturated rings. The highest BCUT2D eigenvalue weighted by Gasteiger charge is 2.47. The Balaban J connectivity index is 1.77. The molecule has 2 bridgehead atoms. The zero-order valence-electron chi connectivity index (χ0n) is 9.26.